The second-order valence-electron chi connectivity index (χ2n) is 5.31. The first kappa shape index (κ1) is 16.5. The second kappa shape index (κ2) is 6.91. The van der Waals surface area contributed by atoms with Gasteiger partial charge in [0.15, 0.2) is 5.75 Å². The van der Waals surface area contributed by atoms with Gasteiger partial charge in [-0.3, -0.25) is 14.9 Å². The molecule has 2 rings (SSSR count). The smallest absolute Gasteiger partial charge is 0.310 e. The lowest BCUT2D eigenvalue weighted by molar-refractivity contribution is -0.385. The third-order valence-corrected chi connectivity index (χ3v) is 3.63. The van der Waals surface area contributed by atoms with E-state index in [9.17, 15) is 20.0 Å². The molecule has 0 radical (unpaired) electrons. The molecule has 23 heavy (non-hydrogen) atoms. The van der Waals surface area contributed by atoms with Crippen LogP contribution in [0.2, 0.25) is 0 Å². The molecule has 0 aliphatic heterocycles. The monoisotopic (exact) mass is 314 g/mol. The zero-order valence-corrected chi connectivity index (χ0v) is 12.9. The molecule has 2 aromatic carbocycles. The SMILES string of the molecule is CC[C@@H](NC(=O)c1ccc([N+](=O)[O-])c(O)c1)c1ccc(C)cc1. The van der Waals surface area contributed by atoms with Crippen LogP contribution in [0.1, 0.15) is 40.9 Å². The fourth-order valence-corrected chi connectivity index (χ4v) is 2.28. The van der Waals surface area contributed by atoms with Crippen LogP contribution < -0.4 is 5.32 Å². The zero-order chi connectivity index (χ0) is 17.0. The van der Waals surface area contributed by atoms with Gasteiger partial charge >= 0.3 is 5.69 Å². The van der Waals surface area contributed by atoms with Crippen molar-refractivity contribution in [3.63, 3.8) is 0 Å². The molecule has 0 spiro atoms. The first-order valence-electron chi connectivity index (χ1n) is 7.27. The first-order chi connectivity index (χ1) is 10.9. The Kier molecular flexibility index (Phi) is 4.95. The van der Waals surface area contributed by atoms with Crippen LogP contribution in [0.4, 0.5) is 5.69 Å². The quantitative estimate of drug-likeness (QED) is 0.652. The summed E-state index contributed by atoms with van der Waals surface area (Å²) in [5, 5.41) is 23.2. The number of nitrogens with one attached hydrogen (secondary N) is 1. The number of phenols is 1. The number of phenolic OH excluding ortho intramolecular Hbond substituents is 1. The number of nitro groups is 1. The fraction of sp³-hybridized carbons (Fsp3) is 0.235. The van der Waals surface area contributed by atoms with E-state index in [0.29, 0.717) is 6.42 Å². The first-order valence-corrected chi connectivity index (χ1v) is 7.27. The number of hydrogen-bond acceptors (Lipinski definition) is 4. The Bertz CT molecular complexity index is 726. The molecule has 0 unspecified atom stereocenters. The Morgan fingerprint density at radius 3 is 2.43 bits per heavy atom. The van der Waals surface area contributed by atoms with Crippen LogP contribution in [0.25, 0.3) is 0 Å². The van der Waals surface area contributed by atoms with E-state index >= 15 is 0 Å². The maximum absolute atomic E-state index is 12.3. The molecule has 0 heterocycles. The van der Waals surface area contributed by atoms with E-state index in [4.69, 9.17) is 0 Å². The van der Waals surface area contributed by atoms with Crippen molar-refractivity contribution in [2.24, 2.45) is 0 Å². The third-order valence-electron chi connectivity index (χ3n) is 3.63. The molecule has 0 fully saturated rings. The Balaban J connectivity index is 2.18. The third kappa shape index (κ3) is 3.85. The normalized spacial score (nSPS) is 11.7. The van der Waals surface area contributed by atoms with Gasteiger partial charge in [-0.25, -0.2) is 0 Å². The highest BCUT2D eigenvalue weighted by molar-refractivity contribution is 5.95. The summed E-state index contributed by atoms with van der Waals surface area (Å²) >= 11 is 0. The highest BCUT2D eigenvalue weighted by Crippen LogP contribution is 2.26. The van der Waals surface area contributed by atoms with Gasteiger partial charge in [0.25, 0.3) is 5.91 Å². The van der Waals surface area contributed by atoms with Crippen molar-refractivity contribution >= 4 is 11.6 Å². The van der Waals surface area contributed by atoms with E-state index in [1.807, 2.05) is 38.1 Å². The molecule has 1 atom stereocenters. The topological polar surface area (TPSA) is 92.5 Å². The van der Waals surface area contributed by atoms with E-state index in [-0.39, 0.29) is 17.5 Å². The molecule has 0 bridgehead atoms. The minimum atomic E-state index is -0.696. The van der Waals surface area contributed by atoms with Gasteiger partial charge in [0.05, 0.1) is 11.0 Å². The minimum Gasteiger partial charge on any atom is -0.502 e. The van der Waals surface area contributed by atoms with Gasteiger partial charge in [-0.1, -0.05) is 36.8 Å². The largest absolute Gasteiger partial charge is 0.502 e. The Labute approximate surface area is 133 Å². The summed E-state index contributed by atoms with van der Waals surface area (Å²) in [5.41, 5.74) is 1.87. The number of rotatable bonds is 5. The van der Waals surface area contributed by atoms with E-state index in [2.05, 4.69) is 5.32 Å². The van der Waals surface area contributed by atoms with Gasteiger partial charge < -0.3 is 10.4 Å². The van der Waals surface area contributed by atoms with Crippen molar-refractivity contribution in [1.82, 2.24) is 5.32 Å². The average molecular weight is 314 g/mol. The van der Waals surface area contributed by atoms with Crippen LogP contribution in [0.15, 0.2) is 42.5 Å². The van der Waals surface area contributed by atoms with Gasteiger partial charge in [-0.2, -0.15) is 0 Å². The fourth-order valence-electron chi connectivity index (χ4n) is 2.28. The zero-order valence-electron chi connectivity index (χ0n) is 12.9. The molecule has 0 aliphatic rings. The van der Waals surface area contributed by atoms with E-state index in [0.717, 1.165) is 23.3 Å². The predicted molar refractivity (Wildman–Crippen MR) is 86.4 cm³/mol. The summed E-state index contributed by atoms with van der Waals surface area (Å²) in [4.78, 5) is 22.3. The molecule has 2 aromatic rings. The summed E-state index contributed by atoms with van der Waals surface area (Å²) in [6, 6.07) is 11.2. The highest BCUT2D eigenvalue weighted by Gasteiger charge is 2.18. The summed E-state index contributed by atoms with van der Waals surface area (Å²) in [7, 11) is 0. The second-order valence-corrected chi connectivity index (χ2v) is 5.31. The Hall–Kier alpha value is -2.89. The van der Waals surface area contributed by atoms with Crippen molar-refractivity contribution < 1.29 is 14.8 Å². The van der Waals surface area contributed by atoms with Crippen LogP contribution >= 0.6 is 0 Å². The molecule has 2 N–H and O–H groups in total. The molecule has 6 heteroatoms. The molecule has 0 aliphatic carbocycles. The molecule has 6 nitrogen and oxygen atoms in total. The molecular formula is C17H18N2O4. The summed E-state index contributed by atoms with van der Waals surface area (Å²) in [6.07, 6.45) is 0.702. The summed E-state index contributed by atoms with van der Waals surface area (Å²) in [5.74, 6) is -0.909. The number of benzene rings is 2. The van der Waals surface area contributed by atoms with Crippen LogP contribution in [-0.4, -0.2) is 15.9 Å². The maximum atomic E-state index is 12.3. The minimum absolute atomic E-state index is 0.166. The number of hydrogen-bond donors (Lipinski definition) is 2. The predicted octanol–water partition coefficient (Wildman–Crippen LogP) is 3.49. The molecule has 0 aromatic heterocycles. The van der Waals surface area contributed by atoms with Gasteiger partial charge in [0.2, 0.25) is 0 Å². The number of carbonyl (C=O) groups excluding carboxylic acids is 1. The van der Waals surface area contributed by atoms with Crippen LogP contribution in [-0.2, 0) is 0 Å². The highest BCUT2D eigenvalue weighted by atomic mass is 16.6. The van der Waals surface area contributed by atoms with Crippen LogP contribution in [0.3, 0.4) is 0 Å². The van der Waals surface area contributed by atoms with Crippen molar-refractivity contribution in [2.45, 2.75) is 26.3 Å². The lowest BCUT2D eigenvalue weighted by Gasteiger charge is -2.18. The van der Waals surface area contributed by atoms with Gasteiger partial charge in [-0.15, -0.1) is 0 Å². The van der Waals surface area contributed by atoms with E-state index in [1.165, 1.54) is 6.07 Å². The molecule has 1 amide bonds. The van der Waals surface area contributed by atoms with Crippen molar-refractivity contribution in [3.8, 4) is 5.75 Å². The van der Waals surface area contributed by atoms with Crippen molar-refractivity contribution in [1.29, 1.82) is 0 Å². The number of nitro benzene ring substituents is 1. The Morgan fingerprint density at radius 1 is 1.26 bits per heavy atom. The Morgan fingerprint density at radius 2 is 1.91 bits per heavy atom. The standard InChI is InChI=1S/C17H18N2O4/c1-3-14(12-6-4-11(2)5-7-12)18-17(21)13-8-9-15(19(22)23)16(20)10-13/h4-10,14,20H,3H2,1-2H3,(H,18,21)/t14-/m1/s1. The lowest BCUT2D eigenvalue weighted by Crippen LogP contribution is -2.28. The van der Waals surface area contributed by atoms with Crippen LogP contribution in [0, 0.1) is 17.0 Å². The lowest BCUT2D eigenvalue weighted by atomic mass is 10.0. The van der Waals surface area contributed by atoms with E-state index in [1.54, 1.807) is 0 Å². The van der Waals surface area contributed by atoms with E-state index < -0.39 is 16.4 Å². The number of nitrogens with zero attached hydrogens (tertiary/aromatic N) is 1. The van der Waals surface area contributed by atoms with Crippen molar-refractivity contribution in [2.75, 3.05) is 0 Å². The molecule has 0 saturated carbocycles. The summed E-state index contributed by atoms with van der Waals surface area (Å²) in [6.45, 7) is 3.95. The summed E-state index contributed by atoms with van der Waals surface area (Å²) < 4.78 is 0. The van der Waals surface area contributed by atoms with Crippen molar-refractivity contribution in [3.05, 3.63) is 69.3 Å². The molecule has 120 valence electrons. The van der Waals surface area contributed by atoms with Crippen LogP contribution in [0.5, 0.6) is 5.75 Å². The van der Waals surface area contributed by atoms with Gasteiger partial charge in [0, 0.05) is 11.6 Å². The number of aryl methyl sites for hydroxylation is 1. The molecule has 0 saturated heterocycles. The van der Waals surface area contributed by atoms with Gasteiger partial charge in [-0.05, 0) is 31.0 Å². The number of carbonyl (C=O) groups is 1. The number of amides is 1. The van der Waals surface area contributed by atoms with Gasteiger partial charge in [0.1, 0.15) is 0 Å². The maximum Gasteiger partial charge on any atom is 0.310 e. The molecular weight excluding hydrogens is 296 g/mol. The average Bonchev–Trinajstić information content (AvgIpc) is 2.52. The number of aromatic hydroxyl groups is 1.